The van der Waals surface area contributed by atoms with Gasteiger partial charge in [-0.25, -0.2) is 0 Å². The summed E-state index contributed by atoms with van der Waals surface area (Å²) in [4.78, 5) is 27.5. The Kier molecular flexibility index (Phi) is 5.29. The molecule has 2 N–H and O–H groups in total. The van der Waals surface area contributed by atoms with Crippen molar-refractivity contribution in [2.45, 2.75) is 32.2 Å². The van der Waals surface area contributed by atoms with Gasteiger partial charge in [0.25, 0.3) is 11.8 Å². The van der Waals surface area contributed by atoms with Crippen molar-refractivity contribution >= 4 is 23.2 Å². The number of aryl methyl sites for hydroxylation is 1. The van der Waals surface area contributed by atoms with Crippen LogP contribution in [-0.4, -0.2) is 40.0 Å². The quantitative estimate of drug-likeness (QED) is 0.690. The maximum atomic E-state index is 12.6. The Morgan fingerprint density at radius 2 is 2.18 bits per heavy atom. The summed E-state index contributed by atoms with van der Waals surface area (Å²) in [5.41, 5.74) is 2.44. The second kappa shape index (κ2) is 8.02. The standard InChI is InChI=1S/C20H22N4O3S/c1-13-9-18(28-12-13)20(26)24-6-4-14(5-7-24)16-10-17(23-22-16)19(25)21-11-15-3-2-8-27-15/h2-3,8-10,12,14H,4-7,11H2,1H3,(H,21,25)(H,22,23). The smallest absolute Gasteiger partial charge is 0.272 e. The second-order valence-corrected chi connectivity index (χ2v) is 7.94. The lowest BCUT2D eigenvalue weighted by atomic mass is 9.93. The minimum atomic E-state index is -0.237. The van der Waals surface area contributed by atoms with Crippen LogP contribution >= 0.6 is 11.3 Å². The Bertz CT molecular complexity index is 952. The van der Waals surface area contributed by atoms with Crippen molar-refractivity contribution < 1.29 is 14.0 Å². The third-order valence-electron chi connectivity index (χ3n) is 5.00. The number of piperidine rings is 1. The van der Waals surface area contributed by atoms with Crippen LogP contribution in [0.4, 0.5) is 0 Å². The van der Waals surface area contributed by atoms with E-state index in [2.05, 4.69) is 15.5 Å². The van der Waals surface area contributed by atoms with Gasteiger partial charge in [0.05, 0.1) is 17.7 Å². The van der Waals surface area contributed by atoms with Gasteiger partial charge in [-0.05, 0) is 55.0 Å². The van der Waals surface area contributed by atoms with Gasteiger partial charge in [0.2, 0.25) is 0 Å². The minimum Gasteiger partial charge on any atom is -0.467 e. The van der Waals surface area contributed by atoms with Crippen molar-refractivity contribution in [3.63, 3.8) is 0 Å². The van der Waals surface area contributed by atoms with Gasteiger partial charge in [-0.2, -0.15) is 5.10 Å². The van der Waals surface area contributed by atoms with Crippen LogP contribution in [0.3, 0.4) is 0 Å². The molecular formula is C20H22N4O3S. The zero-order valence-electron chi connectivity index (χ0n) is 15.6. The number of hydrogen-bond donors (Lipinski definition) is 2. The minimum absolute atomic E-state index is 0.110. The van der Waals surface area contributed by atoms with Gasteiger partial charge in [0, 0.05) is 24.7 Å². The molecule has 8 heteroatoms. The molecule has 0 aliphatic carbocycles. The number of hydrogen-bond acceptors (Lipinski definition) is 5. The number of nitrogens with zero attached hydrogens (tertiary/aromatic N) is 2. The Hall–Kier alpha value is -2.87. The number of aromatic nitrogens is 2. The summed E-state index contributed by atoms with van der Waals surface area (Å²) in [6, 6.07) is 7.34. The van der Waals surface area contributed by atoms with E-state index in [1.54, 1.807) is 12.3 Å². The molecule has 2 amide bonds. The van der Waals surface area contributed by atoms with Crippen molar-refractivity contribution in [3.05, 3.63) is 63.5 Å². The molecule has 1 saturated heterocycles. The van der Waals surface area contributed by atoms with Crippen LogP contribution in [0.15, 0.2) is 40.3 Å². The van der Waals surface area contributed by atoms with Crippen LogP contribution in [0.2, 0.25) is 0 Å². The lowest BCUT2D eigenvalue weighted by Gasteiger charge is -2.31. The van der Waals surface area contributed by atoms with Gasteiger partial charge in [0.15, 0.2) is 0 Å². The molecule has 1 aliphatic rings. The van der Waals surface area contributed by atoms with Crippen molar-refractivity contribution in [1.29, 1.82) is 0 Å². The zero-order chi connectivity index (χ0) is 19.5. The number of rotatable bonds is 5. The Morgan fingerprint density at radius 1 is 1.36 bits per heavy atom. The second-order valence-electron chi connectivity index (χ2n) is 7.03. The molecule has 3 aromatic rings. The van der Waals surface area contributed by atoms with Crippen LogP contribution in [-0.2, 0) is 6.54 Å². The number of carbonyl (C=O) groups excluding carboxylic acids is 2. The fraction of sp³-hybridized carbons (Fsp3) is 0.350. The number of H-pyrrole nitrogens is 1. The van der Waals surface area contributed by atoms with Crippen LogP contribution in [0.5, 0.6) is 0 Å². The van der Waals surface area contributed by atoms with Gasteiger partial charge in [-0.15, -0.1) is 11.3 Å². The van der Waals surface area contributed by atoms with Gasteiger partial charge >= 0.3 is 0 Å². The van der Waals surface area contributed by atoms with Crippen LogP contribution in [0.1, 0.15) is 55.9 Å². The topological polar surface area (TPSA) is 91.2 Å². The predicted molar refractivity (Wildman–Crippen MR) is 105 cm³/mol. The van der Waals surface area contributed by atoms with Crippen molar-refractivity contribution in [1.82, 2.24) is 20.4 Å². The number of aromatic amines is 1. The number of furan rings is 1. The molecule has 28 heavy (non-hydrogen) atoms. The summed E-state index contributed by atoms with van der Waals surface area (Å²) in [6.07, 6.45) is 3.28. The molecule has 4 rings (SSSR count). The molecule has 0 unspecified atom stereocenters. The molecule has 0 aromatic carbocycles. The summed E-state index contributed by atoms with van der Waals surface area (Å²) < 4.78 is 5.21. The Labute approximate surface area is 166 Å². The normalized spacial score (nSPS) is 15.0. The highest BCUT2D eigenvalue weighted by molar-refractivity contribution is 7.12. The van der Waals surface area contributed by atoms with E-state index in [-0.39, 0.29) is 17.7 Å². The molecule has 0 spiro atoms. The largest absolute Gasteiger partial charge is 0.467 e. The molecule has 146 valence electrons. The summed E-state index contributed by atoms with van der Waals surface area (Å²) >= 11 is 1.50. The molecule has 7 nitrogen and oxygen atoms in total. The highest BCUT2D eigenvalue weighted by Gasteiger charge is 2.26. The Morgan fingerprint density at radius 3 is 2.86 bits per heavy atom. The van der Waals surface area contributed by atoms with E-state index >= 15 is 0 Å². The summed E-state index contributed by atoms with van der Waals surface area (Å²) in [5.74, 6) is 0.842. The van der Waals surface area contributed by atoms with E-state index in [4.69, 9.17) is 4.42 Å². The first-order valence-electron chi connectivity index (χ1n) is 9.30. The van der Waals surface area contributed by atoms with E-state index in [0.29, 0.717) is 31.1 Å². The highest BCUT2D eigenvalue weighted by atomic mass is 32.1. The first-order valence-corrected chi connectivity index (χ1v) is 10.2. The van der Waals surface area contributed by atoms with Gasteiger partial charge < -0.3 is 14.6 Å². The fourth-order valence-electron chi connectivity index (χ4n) is 3.43. The number of thiophene rings is 1. The van der Waals surface area contributed by atoms with E-state index in [1.807, 2.05) is 35.4 Å². The lowest BCUT2D eigenvalue weighted by Crippen LogP contribution is -2.37. The lowest BCUT2D eigenvalue weighted by molar-refractivity contribution is 0.0717. The van der Waals surface area contributed by atoms with Crippen LogP contribution in [0.25, 0.3) is 0 Å². The third-order valence-corrected chi connectivity index (χ3v) is 6.03. The third kappa shape index (κ3) is 4.01. The molecule has 0 atom stereocenters. The van der Waals surface area contributed by atoms with Crippen molar-refractivity contribution in [2.75, 3.05) is 13.1 Å². The first-order chi connectivity index (χ1) is 13.6. The maximum Gasteiger partial charge on any atom is 0.272 e. The average molecular weight is 398 g/mol. The summed E-state index contributed by atoms with van der Waals surface area (Å²) in [5, 5.41) is 11.9. The monoisotopic (exact) mass is 398 g/mol. The zero-order valence-corrected chi connectivity index (χ0v) is 16.4. The van der Waals surface area contributed by atoms with Crippen LogP contribution < -0.4 is 5.32 Å². The fourth-order valence-corrected chi connectivity index (χ4v) is 4.29. The number of nitrogens with one attached hydrogen (secondary N) is 2. The maximum absolute atomic E-state index is 12.6. The molecule has 4 heterocycles. The molecule has 1 aliphatic heterocycles. The van der Waals surface area contributed by atoms with Crippen LogP contribution in [0, 0.1) is 6.92 Å². The number of amides is 2. The van der Waals surface area contributed by atoms with E-state index < -0.39 is 0 Å². The number of carbonyl (C=O) groups is 2. The van der Waals surface area contributed by atoms with Gasteiger partial charge in [0.1, 0.15) is 11.5 Å². The van der Waals surface area contributed by atoms with E-state index in [0.717, 1.165) is 29.0 Å². The predicted octanol–water partition coefficient (Wildman–Crippen LogP) is 3.32. The summed E-state index contributed by atoms with van der Waals surface area (Å²) in [7, 11) is 0. The SMILES string of the molecule is Cc1csc(C(=O)N2CCC(c3cc(C(=O)NCc4ccco4)n[nH]3)CC2)c1. The molecule has 0 radical (unpaired) electrons. The molecule has 3 aromatic heterocycles. The molecule has 1 fully saturated rings. The molecule has 0 bridgehead atoms. The average Bonchev–Trinajstić information content (AvgIpc) is 3.47. The Balaban J connectivity index is 1.31. The first kappa shape index (κ1) is 18.5. The van der Waals surface area contributed by atoms with E-state index in [9.17, 15) is 9.59 Å². The van der Waals surface area contributed by atoms with Crippen molar-refractivity contribution in [2.24, 2.45) is 0 Å². The number of likely N-dealkylation sites (tertiary alicyclic amines) is 1. The summed E-state index contributed by atoms with van der Waals surface area (Å²) in [6.45, 7) is 3.75. The molecular weight excluding hydrogens is 376 g/mol. The van der Waals surface area contributed by atoms with E-state index in [1.165, 1.54) is 11.3 Å². The van der Waals surface area contributed by atoms with Gasteiger partial charge in [-0.1, -0.05) is 0 Å². The highest BCUT2D eigenvalue weighted by Crippen LogP contribution is 2.28. The van der Waals surface area contributed by atoms with Crippen molar-refractivity contribution in [3.8, 4) is 0 Å². The molecule has 0 saturated carbocycles. The van der Waals surface area contributed by atoms with Gasteiger partial charge in [-0.3, -0.25) is 14.7 Å².